The van der Waals surface area contributed by atoms with Gasteiger partial charge in [0.05, 0.1) is 43.0 Å². The molecule has 0 aromatic heterocycles. The first-order chi connectivity index (χ1) is 29.3. The fraction of sp³-hybridized carbons (Fsp3) is 0.787. The molecule has 3 saturated heterocycles. The number of hydrogen-bond donors (Lipinski definition) is 2. The number of nitrogens with one attached hydrogen (secondary N) is 1. The molecule has 61 heavy (non-hydrogen) atoms. The topological polar surface area (TPSA) is 143 Å². The van der Waals surface area contributed by atoms with Crippen molar-refractivity contribution in [3.8, 4) is 0 Å². The van der Waals surface area contributed by atoms with Gasteiger partial charge in [-0.2, -0.15) is 0 Å². The Kier molecular flexibility index (Phi) is 15.6. The maximum Gasteiger partial charge on any atom is 0.306 e. The van der Waals surface area contributed by atoms with Crippen LogP contribution in [0.3, 0.4) is 0 Å². The van der Waals surface area contributed by atoms with Gasteiger partial charge in [0, 0.05) is 49.9 Å². The van der Waals surface area contributed by atoms with Crippen molar-refractivity contribution in [2.45, 2.75) is 165 Å². The number of hydrogen-bond acceptors (Lipinski definition) is 13. The number of carbonyl (C=O) groups is 2. The van der Waals surface area contributed by atoms with Crippen LogP contribution < -0.4 is 5.32 Å². The van der Waals surface area contributed by atoms with Crippen molar-refractivity contribution in [1.29, 1.82) is 0 Å². The van der Waals surface area contributed by atoms with Crippen LogP contribution in [0.2, 0.25) is 5.02 Å². The number of nitrogens with zero attached hydrogens (tertiary/aromatic N) is 1. The third-order valence-electron chi connectivity index (χ3n) is 15.1. The lowest BCUT2D eigenvalue weighted by Crippen LogP contribution is -2.59. The first-order valence-electron chi connectivity index (χ1n) is 22.8. The number of aliphatic hydroxyl groups is 1. The summed E-state index contributed by atoms with van der Waals surface area (Å²) in [6.45, 7) is 8.04. The van der Waals surface area contributed by atoms with Gasteiger partial charge in [-0.1, -0.05) is 37.6 Å². The Morgan fingerprint density at radius 3 is 2.31 bits per heavy atom. The number of benzene rings is 1. The summed E-state index contributed by atoms with van der Waals surface area (Å²) < 4.78 is 50.1. The zero-order valence-electron chi connectivity index (χ0n) is 37.6. The summed E-state index contributed by atoms with van der Waals surface area (Å²) >= 11 is 6.49. The third kappa shape index (κ3) is 9.92. The molecule has 0 amide bonds. The molecule has 2 saturated carbocycles. The molecule has 14 heteroatoms. The van der Waals surface area contributed by atoms with E-state index in [1.165, 1.54) is 0 Å². The molecule has 6 aliphatic rings. The standard InChI is InChI=1S/C47H71ClN2O11/c1-10-29-15-12-16-37(61-39-18-17-36(50(5)6)25(3)57-39)24(2)42(52)35-22-32-31-20-30(60-47-46(56-9)45(55-8)44(54-7)26(4)58-47)21-34(31)43(53)41(40(32)33(35)23-38(51)59-29)49-28-14-11-13-27(48)19-28/h11,13-14,19,22,24-26,29-34,36-37,39-41,43-47,49,53H,10,12,15-18,20-21,23H2,1-9H3/t24-,25?,26?,29+,30+,31+,32+,33-,34-,36+,37+,39+,40-,41-,43-,44+,45?,46+,47+/m1/s1. The SMILES string of the molecule is CC[C@H]1CCC[C@H](O[C@H]2CC[C@H](N(C)C)C(C)O2)[C@@H](C)C(=O)C2=C[C@H]3[C@@H]4C[C@H](O[C@@H]5OC(C)[C@H](OC)C(OC)[C@@H]5OC)C[C@H]4[C@@H](O)[C@H](Nc4cccc(Cl)c4)[C@H]3[C@@H]2CC(=O)O1. The Hall–Kier alpha value is -2.17. The number of esters is 1. The van der Waals surface area contributed by atoms with Crippen molar-refractivity contribution in [2.24, 2.45) is 35.5 Å². The lowest BCUT2D eigenvalue weighted by Gasteiger charge is -2.47. The Labute approximate surface area is 367 Å². The van der Waals surface area contributed by atoms with E-state index in [9.17, 15) is 9.90 Å². The number of allylic oxidation sites excluding steroid dienone is 2. The molecule has 1 aromatic rings. The molecular formula is C47H71ClN2O11. The highest BCUT2D eigenvalue weighted by molar-refractivity contribution is 6.30. The number of ether oxygens (including phenoxy) is 8. The Morgan fingerprint density at radius 1 is 0.902 bits per heavy atom. The van der Waals surface area contributed by atoms with E-state index in [2.05, 4.69) is 37.3 Å². The molecule has 19 atom stereocenters. The van der Waals surface area contributed by atoms with Gasteiger partial charge >= 0.3 is 5.97 Å². The Balaban J connectivity index is 1.21. The van der Waals surface area contributed by atoms with Gasteiger partial charge in [0.25, 0.3) is 0 Å². The summed E-state index contributed by atoms with van der Waals surface area (Å²) in [7, 11) is 9.03. The molecule has 342 valence electrons. The Morgan fingerprint density at radius 2 is 1.64 bits per heavy atom. The number of rotatable bonds is 11. The first kappa shape index (κ1) is 46.8. The van der Waals surface area contributed by atoms with E-state index in [1.54, 1.807) is 21.3 Å². The van der Waals surface area contributed by atoms with Gasteiger partial charge in [0.2, 0.25) is 0 Å². The van der Waals surface area contributed by atoms with Crippen molar-refractivity contribution < 1.29 is 52.6 Å². The highest BCUT2D eigenvalue weighted by Crippen LogP contribution is 2.57. The van der Waals surface area contributed by atoms with Gasteiger partial charge in [-0.15, -0.1) is 0 Å². The average Bonchev–Trinajstić information content (AvgIpc) is 3.82. The molecule has 1 aromatic carbocycles. The van der Waals surface area contributed by atoms with Gasteiger partial charge in [0.15, 0.2) is 18.4 Å². The normalized spacial score (nSPS) is 43.3. The van der Waals surface area contributed by atoms with Crippen molar-refractivity contribution in [2.75, 3.05) is 40.7 Å². The van der Waals surface area contributed by atoms with Crippen LogP contribution in [0.25, 0.3) is 0 Å². The van der Waals surface area contributed by atoms with Crippen LogP contribution in [0.5, 0.6) is 0 Å². The monoisotopic (exact) mass is 874 g/mol. The fourth-order valence-electron chi connectivity index (χ4n) is 12.0. The number of anilines is 1. The maximum absolute atomic E-state index is 15.2. The van der Waals surface area contributed by atoms with Crippen molar-refractivity contribution in [3.05, 3.63) is 40.9 Å². The number of cyclic esters (lactones) is 1. The largest absolute Gasteiger partial charge is 0.462 e. The second-order valence-corrected chi connectivity index (χ2v) is 19.2. The number of Topliss-reactive ketones (excluding diaryl/α,β-unsaturated/α-hetero) is 1. The molecule has 3 aliphatic carbocycles. The number of halogens is 1. The van der Waals surface area contributed by atoms with Crippen LogP contribution in [0.15, 0.2) is 35.9 Å². The second kappa shape index (κ2) is 20.3. The van der Waals surface area contributed by atoms with E-state index in [4.69, 9.17) is 49.5 Å². The molecule has 2 N–H and O–H groups in total. The van der Waals surface area contributed by atoms with Gasteiger partial charge in [-0.3, -0.25) is 9.59 Å². The number of carbonyl (C=O) groups excluding carboxylic acids is 2. The minimum Gasteiger partial charge on any atom is -0.462 e. The van der Waals surface area contributed by atoms with E-state index in [-0.39, 0.29) is 78.5 Å². The molecule has 5 fully saturated rings. The third-order valence-corrected chi connectivity index (χ3v) is 15.3. The van der Waals surface area contributed by atoms with Crippen molar-refractivity contribution in [3.63, 3.8) is 0 Å². The van der Waals surface area contributed by atoms with Crippen LogP contribution in [-0.4, -0.2) is 137 Å². The van der Waals surface area contributed by atoms with Crippen LogP contribution in [-0.2, 0) is 47.5 Å². The highest BCUT2D eigenvalue weighted by atomic mass is 35.5. The second-order valence-electron chi connectivity index (χ2n) is 18.8. The van der Waals surface area contributed by atoms with E-state index >= 15 is 4.79 Å². The molecule has 3 unspecified atom stereocenters. The summed E-state index contributed by atoms with van der Waals surface area (Å²) in [5, 5.41) is 16.8. The molecule has 7 rings (SSSR count). The molecule has 13 nitrogen and oxygen atoms in total. The van der Waals surface area contributed by atoms with Gasteiger partial charge < -0.3 is 53.2 Å². The average molecular weight is 876 g/mol. The number of fused-ring (bicyclic) bond motifs is 5. The zero-order valence-corrected chi connectivity index (χ0v) is 38.3. The molecule has 3 heterocycles. The number of methoxy groups -OCH3 is 3. The van der Waals surface area contributed by atoms with Gasteiger partial charge in [0.1, 0.15) is 24.4 Å². The number of aliphatic hydroxyl groups excluding tert-OH is 1. The van der Waals surface area contributed by atoms with Crippen LogP contribution in [0, 0.1) is 35.5 Å². The maximum atomic E-state index is 15.2. The van der Waals surface area contributed by atoms with Crippen molar-refractivity contribution >= 4 is 29.0 Å². The number of likely N-dealkylation sites (N-methyl/N-ethyl adjacent to an activating group) is 1. The van der Waals surface area contributed by atoms with E-state index < -0.39 is 48.8 Å². The van der Waals surface area contributed by atoms with Gasteiger partial charge in [-0.25, -0.2) is 0 Å². The lowest BCUT2D eigenvalue weighted by atomic mass is 9.62. The van der Waals surface area contributed by atoms with E-state index in [0.29, 0.717) is 48.7 Å². The molecular weight excluding hydrogens is 804 g/mol. The van der Waals surface area contributed by atoms with Crippen LogP contribution >= 0.6 is 11.6 Å². The minimum absolute atomic E-state index is 0.0143. The summed E-state index contributed by atoms with van der Waals surface area (Å²) in [5.41, 5.74) is 1.38. The summed E-state index contributed by atoms with van der Waals surface area (Å²) in [6, 6.07) is 7.24. The smallest absolute Gasteiger partial charge is 0.306 e. The zero-order chi connectivity index (χ0) is 43.7. The lowest BCUT2D eigenvalue weighted by molar-refractivity contribution is -0.314. The summed E-state index contributed by atoms with van der Waals surface area (Å²) in [6.07, 6.45) is 3.28. The quantitative estimate of drug-likeness (QED) is 0.236. The van der Waals surface area contributed by atoms with Crippen LogP contribution in [0.4, 0.5) is 5.69 Å². The highest BCUT2D eigenvalue weighted by Gasteiger charge is 2.60. The number of ketones is 1. The van der Waals surface area contributed by atoms with Gasteiger partial charge in [-0.05, 0) is 127 Å². The van der Waals surface area contributed by atoms with E-state index in [0.717, 1.165) is 24.9 Å². The summed E-state index contributed by atoms with van der Waals surface area (Å²) in [4.78, 5) is 31.4. The molecule has 0 radical (unpaired) electrons. The predicted octanol–water partition coefficient (Wildman–Crippen LogP) is 6.43. The predicted molar refractivity (Wildman–Crippen MR) is 230 cm³/mol. The van der Waals surface area contributed by atoms with Crippen LogP contribution in [0.1, 0.15) is 85.5 Å². The Bertz CT molecular complexity index is 1680. The molecule has 0 bridgehead atoms. The fourth-order valence-corrected chi connectivity index (χ4v) is 12.2. The van der Waals surface area contributed by atoms with Crippen molar-refractivity contribution in [1.82, 2.24) is 4.90 Å². The molecule has 3 aliphatic heterocycles. The van der Waals surface area contributed by atoms with E-state index in [1.807, 2.05) is 45.0 Å². The first-order valence-corrected chi connectivity index (χ1v) is 23.2. The summed E-state index contributed by atoms with van der Waals surface area (Å²) in [5.74, 6) is -2.00. The molecule has 0 spiro atoms. The minimum atomic E-state index is -0.832.